The molecule has 0 bridgehead atoms. The third kappa shape index (κ3) is 2.41. The Bertz CT molecular complexity index is 564. The minimum absolute atomic E-state index is 0.136. The van der Waals surface area contributed by atoms with Crippen LogP contribution in [0.15, 0.2) is 6.33 Å². The summed E-state index contributed by atoms with van der Waals surface area (Å²) in [6.45, 7) is 2.17. The van der Waals surface area contributed by atoms with Gasteiger partial charge >= 0.3 is 0 Å². The Morgan fingerprint density at radius 3 is 3.06 bits per heavy atom. The number of H-pyrrole nitrogens is 1. The van der Waals surface area contributed by atoms with Gasteiger partial charge in [0.05, 0.1) is 12.2 Å². The number of nitrogens with two attached hydrogens (primary N) is 1. The zero-order valence-corrected chi connectivity index (χ0v) is 10.5. The van der Waals surface area contributed by atoms with Gasteiger partial charge < -0.3 is 10.7 Å². The van der Waals surface area contributed by atoms with Gasteiger partial charge in [-0.05, 0) is 6.42 Å². The SMILES string of the molecule is CCC(CN)C(=O)Nc1nc(Cl)c2[nH]cnc2n1. The molecule has 0 saturated carbocycles. The van der Waals surface area contributed by atoms with Crippen molar-refractivity contribution in [2.24, 2.45) is 11.7 Å². The van der Waals surface area contributed by atoms with Gasteiger partial charge in [0.15, 0.2) is 10.8 Å². The highest BCUT2D eigenvalue weighted by Crippen LogP contribution is 2.18. The molecular formula is C10H13ClN6O. The standard InChI is InChI=1S/C10H13ClN6O/c1-2-5(3-12)9(18)17-10-15-7(11)6-8(16-10)14-4-13-6/h4-5H,2-3,12H2,1H3,(H2,13,14,15,16,17,18). The number of halogens is 1. The van der Waals surface area contributed by atoms with E-state index < -0.39 is 0 Å². The van der Waals surface area contributed by atoms with E-state index in [2.05, 4.69) is 25.3 Å². The molecule has 1 unspecified atom stereocenters. The molecule has 2 aromatic rings. The van der Waals surface area contributed by atoms with Gasteiger partial charge in [0, 0.05) is 6.54 Å². The number of carbonyl (C=O) groups is 1. The Labute approximate surface area is 108 Å². The smallest absolute Gasteiger partial charge is 0.233 e. The molecule has 2 heterocycles. The van der Waals surface area contributed by atoms with Crippen molar-refractivity contribution >= 4 is 34.6 Å². The number of nitrogens with one attached hydrogen (secondary N) is 2. The summed E-state index contributed by atoms with van der Waals surface area (Å²) >= 11 is 5.94. The Balaban J connectivity index is 2.24. The second-order valence-corrected chi connectivity index (χ2v) is 4.13. The van der Waals surface area contributed by atoms with Crippen LogP contribution < -0.4 is 11.1 Å². The van der Waals surface area contributed by atoms with Crippen LogP contribution in [0.3, 0.4) is 0 Å². The summed E-state index contributed by atoms with van der Waals surface area (Å²) < 4.78 is 0. The maximum Gasteiger partial charge on any atom is 0.233 e. The van der Waals surface area contributed by atoms with E-state index in [1.54, 1.807) is 0 Å². The second kappa shape index (κ2) is 5.28. The van der Waals surface area contributed by atoms with Crippen molar-refractivity contribution < 1.29 is 4.79 Å². The molecule has 0 aliphatic carbocycles. The van der Waals surface area contributed by atoms with Crippen molar-refractivity contribution in [3.8, 4) is 0 Å². The summed E-state index contributed by atoms with van der Waals surface area (Å²) in [5.74, 6) is -0.343. The lowest BCUT2D eigenvalue weighted by Gasteiger charge is -2.11. The Hall–Kier alpha value is -1.73. The lowest BCUT2D eigenvalue weighted by Crippen LogP contribution is -2.29. The van der Waals surface area contributed by atoms with Gasteiger partial charge in [0.1, 0.15) is 5.52 Å². The number of nitrogens with zero attached hydrogens (tertiary/aromatic N) is 3. The molecule has 96 valence electrons. The molecule has 0 spiro atoms. The fourth-order valence-electron chi connectivity index (χ4n) is 1.53. The highest BCUT2D eigenvalue weighted by atomic mass is 35.5. The topological polar surface area (TPSA) is 110 Å². The monoisotopic (exact) mass is 268 g/mol. The summed E-state index contributed by atoms with van der Waals surface area (Å²) in [5, 5.41) is 2.80. The molecule has 1 amide bonds. The zero-order chi connectivity index (χ0) is 13.1. The van der Waals surface area contributed by atoms with Crippen molar-refractivity contribution in [2.75, 3.05) is 11.9 Å². The van der Waals surface area contributed by atoms with Gasteiger partial charge in [-0.3, -0.25) is 10.1 Å². The summed E-state index contributed by atoms with van der Waals surface area (Å²) in [6, 6.07) is 0. The summed E-state index contributed by atoms with van der Waals surface area (Å²) in [7, 11) is 0. The largest absolute Gasteiger partial charge is 0.341 e. The molecular weight excluding hydrogens is 256 g/mol. The van der Waals surface area contributed by atoms with Gasteiger partial charge in [0.25, 0.3) is 0 Å². The first kappa shape index (κ1) is 12.7. The van der Waals surface area contributed by atoms with Gasteiger partial charge in [-0.2, -0.15) is 9.97 Å². The van der Waals surface area contributed by atoms with Crippen LogP contribution in [-0.4, -0.2) is 32.4 Å². The van der Waals surface area contributed by atoms with E-state index in [1.165, 1.54) is 6.33 Å². The highest BCUT2D eigenvalue weighted by molar-refractivity contribution is 6.33. The van der Waals surface area contributed by atoms with Gasteiger partial charge in [-0.15, -0.1) is 0 Å². The van der Waals surface area contributed by atoms with Crippen LogP contribution in [0.2, 0.25) is 5.15 Å². The van der Waals surface area contributed by atoms with Crippen molar-refractivity contribution in [1.82, 2.24) is 19.9 Å². The molecule has 0 saturated heterocycles. The molecule has 2 rings (SSSR count). The van der Waals surface area contributed by atoms with Crippen molar-refractivity contribution in [3.63, 3.8) is 0 Å². The number of rotatable bonds is 4. The van der Waals surface area contributed by atoms with Crippen LogP contribution in [-0.2, 0) is 4.79 Å². The van der Waals surface area contributed by atoms with Crippen molar-refractivity contribution in [3.05, 3.63) is 11.5 Å². The quantitative estimate of drug-likeness (QED) is 0.715. The molecule has 0 aliphatic rings. The third-order valence-corrected chi connectivity index (χ3v) is 2.90. The molecule has 2 aromatic heterocycles. The van der Waals surface area contributed by atoms with Crippen molar-refractivity contribution in [1.29, 1.82) is 0 Å². The minimum Gasteiger partial charge on any atom is -0.341 e. The van der Waals surface area contributed by atoms with Gasteiger partial charge in [-0.25, -0.2) is 4.98 Å². The normalized spacial score (nSPS) is 12.6. The van der Waals surface area contributed by atoms with E-state index >= 15 is 0 Å². The number of fused-ring (bicyclic) bond motifs is 1. The van der Waals surface area contributed by atoms with Crippen LogP contribution in [0.25, 0.3) is 11.2 Å². The number of anilines is 1. The Kier molecular flexibility index (Phi) is 3.73. The summed E-state index contributed by atoms with van der Waals surface area (Å²) in [4.78, 5) is 26.6. The van der Waals surface area contributed by atoms with Crippen LogP contribution in [0, 0.1) is 5.92 Å². The maximum atomic E-state index is 11.8. The average molecular weight is 269 g/mol. The number of imidazole rings is 1. The van der Waals surface area contributed by atoms with E-state index in [1.807, 2.05) is 6.92 Å². The lowest BCUT2D eigenvalue weighted by atomic mass is 10.1. The second-order valence-electron chi connectivity index (χ2n) is 3.77. The number of aromatic nitrogens is 4. The fourth-order valence-corrected chi connectivity index (χ4v) is 1.74. The molecule has 1 atom stereocenters. The fraction of sp³-hybridized carbons (Fsp3) is 0.400. The number of aromatic amines is 1. The minimum atomic E-state index is -0.262. The molecule has 7 nitrogen and oxygen atoms in total. The number of carbonyl (C=O) groups excluding carboxylic acids is 1. The van der Waals surface area contributed by atoms with Crippen LogP contribution in [0.5, 0.6) is 0 Å². The van der Waals surface area contributed by atoms with Crippen molar-refractivity contribution in [2.45, 2.75) is 13.3 Å². The predicted molar refractivity (Wildman–Crippen MR) is 68.2 cm³/mol. The molecule has 0 aromatic carbocycles. The zero-order valence-electron chi connectivity index (χ0n) is 9.77. The van der Waals surface area contributed by atoms with E-state index in [9.17, 15) is 4.79 Å². The van der Waals surface area contributed by atoms with E-state index in [0.29, 0.717) is 17.6 Å². The average Bonchev–Trinajstić information content (AvgIpc) is 2.79. The summed E-state index contributed by atoms with van der Waals surface area (Å²) in [6.07, 6.45) is 2.12. The lowest BCUT2D eigenvalue weighted by molar-refractivity contribution is -0.119. The van der Waals surface area contributed by atoms with Crippen LogP contribution in [0.4, 0.5) is 5.95 Å². The number of hydrogen-bond acceptors (Lipinski definition) is 5. The summed E-state index contributed by atoms with van der Waals surface area (Å²) in [5.41, 5.74) is 6.45. The van der Waals surface area contributed by atoms with E-state index in [4.69, 9.17) is 17.3 Å². The van der Waals surface area contributed by atoms with E-state index in [-0.39, 0.29) is 29.5 Å². The molecule has 0 fully saturated rings. The predicted octanol–water partition coefficient (Wildman–Crippen LogP) is 0.930. The van der Waals surface area contributed by atoms with E-state index in [0.717, 1.165) is 0 Å². The third-order valence-electron chi connectivity index (χ3n) is 2.62. The number of hydrogen-bond donors (Lipinski definition) is 3. The maximum absolute atomic E-state index is 11.8. The van der Waals surface area contributed by atoms with Crippen LogP contribution >= 0.6 is 11.6 Å². The first-order chi connectivity index (χ1) is 8.65. The first-order valence-corrected chi connectivity index (χ1v) is 5.91. The van der Waals surface area contributed by atoms with Gasteiger partial charge in [0.2, 0.25) is 11.9 Å². The van der Waals surface area contributed by atoms with Crippen LogP contribution in [0.1, 0.15) is 13.3 Å². The molecule has 4 N–H and O–H groups in total. The number of amides is 1. The Morgan fingerprint density at radius 2 is 2.39 bits per heavy atom. The Morgan fingerprint density at radius 1 is 1.61 bits per heavy atom. The highest BCUT2D eigenvalue weighted by Gasteiger charge is 2.17. The van der Waals surface area contributed by atoms with Gasteiger partial charge in [-0.1, -0.05) is 18.5 Å². The molecule has 0 aliphatic heterocycles. The molecule has 18 heavy (non-hydrogen) atoms. The molecule has 0 radical (unpaired) electrons. The first-order valence-electron chi connectivity index (χ1n) is 5.53. The molecule has 8 heteroatoms.